The molecule has 0 bridgehead atoms. The topological polar surface area (TPSA) is 43.4 Å². The zero-order valence-corrected chi connectivity index (χ0v) is 22.7. The van der Waals surface area contributed by atoms with Crippen LogP contribution in [0, 0.1) is 30.6 Å². The average Bonchev–Trinajstić information content (AvgIpc) is 2.69. The summed E-state index contributed by atoms with van der Waals surface area (Å²) >= 11 is 0. The first-order valence-electron chi connectivity index (χ1n) is 13.0. The van der Waals surface area contributed by atoms with Crippen molar-refractivity contribution < 1.29 is 12.6 Å². The maximum Gasteiger partial charge on any atom is 0.297 e. The van der Waals surface area contributed by atoms with Crippen molar-refractivity contribution in [2.45, 2.75) is 124 Å². The van der Waals surface area contributed by atoms with Gasteiger partial charge in [0.1, 0.15) is 0 Å². The van der Waals surface area contributed by atoms with Crippen molar-refractivity contribution in [2.24, 2.45) is 23.7 Å². The highest BCUT2D eigenvalue weighted by molar-refractivity contribution is 7.86. The Morgan fingerprint density at radius 3 is 1.50 bits per heavy atom. The molecule has 4 heteroatoms. The summed E-state index contributed by atoms with van der Waals surface area (Å²) < 4.78 is 31.7. The molecule has 0 radical (unpaired) electrons. The molecule has 0 saturated heterocycles. The highest BCUT2D eigenvalue weighted by Gasteiger charge is 2.23. The minimum atomic E-state index is -3.73. The highest BCUT2D eigenvalue weighted by atomic mass is 32.2. The van der Waals surface area contributed by atoms with E-state index in [2.05, 4.69) is 41.5 Å². The molecule has 0 saturated carbocycles. The van der Waals surface area contributed by atoms with Crippen molar-refractivity contribution in [1.82, 2.24) is 0 Å². The number of rotatable bonds is 17. The molecule has 0 spiro atoms. The van der Waals surface area contributed by atoms with Crippen molar-refractivity contribution in [1.29, 1.82) is 0 Å². The van der Waals surface area contributed by atoms with Gasteiger partial charge in [-0.25, -0.2) is 0 Å². The molecule has 0 N–H and O–H groups in total. The van der Waals surface area contributed by atoms with Gasteiger partial charge in [0, 0.05) is 0 Å². The van der Waals surface area contributed by atoms with Crippen LogP contribution in [0.4, 0.5) is 0 Å². The lowest BCUT2D eigenvalue weighted by Crippen LogP contribution is -2.20. The number of hydrogen-bond donors (Lipinski definition) is 0. The lowest BCUT2D eigenvalue weighted by atomic mass is 9.91. The Kier molecular flexibility index (Phi) is 13.8. The van der Waals surface area contributed by atoms with Crippen LogP contribution in [0.5, 0.6) is 0 Å². The van der Waals surface area contributed by atoms with E-state index in [0.717, 1.165) is 43.1 Å². The van der Waals surface area contributed by atoms with E-state index in [1.807, 2.05) is 19.1 Å². The van der Waals surface area contributed by atoms with Gasteiger partial charge in [-0.05, 0) is 68.4 Å². The van der Waals surface area contributed by atoms with Crippen molar-refractivity contribution in [2.75, 3.05) is 0 Å². The fraction of sp³-hybridized carbons (Fsp3) is 0.786. The van der Waals surface area contributed by atoms with E-state index in [0.29, 0.717) is 11.8 Å². The molecule has 1 aromatic rings. The normalized spacial score (nSPS) is 15.3. The predicted molar refractivity (Wildman–Crippen MR) is 137 cm³/mol. The number of aryl methyl sites for hydroxylation is 1. The molecule has 1 aromatic carbocycles. The highest BCUT2D eigenvalue weighted by Crippen LogP contribution is 2.26. The zero-order valence-electron chi connectivity index (χ0n) is 21.9. The first-order valence-corrected chi connectivity index (χ1v) is 14.4. The lowest BCUT2D eigenvalue weighted by Gasteiger charge is -2.22. The van der Waals surface area contributed by atoms with Crippen LogP contribution < -0.4 is 0 Å². The van der Waals surface area contributed by atoms with E-state index >= 15 is 0 Å². The molecule has 0 aromatic heterocycles. The van der Waals surface area contributed by atoms with Crippen LogP contribution in [0.2, 0.25) is 0 Å². The molecule has 32 heavy (non-hydrogen) atoms. The predicted octanol–water partition coefficient (Wildman–Crippen LogP) is 8.55. The van der Waals surface area contributed by atoms with Gasteiger partial charge in [-0.15, -0.1) is 0 Å². The molecule has 0 aliphatic carbocycles. The number of benzene rings is 1. The maximum absolute atomic E-state index is 12.9. The van der Waals surface area contributed by atoms with E-state index in [-0.39, 0.29) is 11.0 Å². The van der Waals surface area contributed by atoms with Crippen LogP contribution in [0.15, 0.2) is 29.2 Å². The third-order valence-corrected chi connectivity index (χ3v) is 7.87. The molecule has 0 aliphatic heterocycles. The summed E-state index contributed by atoms with van der Waals surface area (Å²) in [4.78, 5) is 0.267. The summed E-state index contributed by atoms with van der Waals surface area (Å²) in [5.41, 5.74) is 1.05. The molecule has 0 heterocycles. The Labute approximate surface area is 199 Å². The van der Waals surface area contributed by atoms with Crippen molar-refractivity contribution in [3.05, 3.63) is 29.8 Å². The standard InChI is InChI=1S/C28H50O3S/c1-22(2)10-8-12-24(5)14-18-27(19-15-25(6)13-9-11-23(3)4)31-32(29,30)28-20-16-26(7)17-21-28/h16-17,20-25,27H,8-15,18-19H2,1-7H3. The zero-order chi connectivity index (χ0) is 24.1. The largest absolute Gasteiger partial charge is 0.297 e. The van der Waals surface area contributed by atoms with Gasteiger partial charge in [0.25, 0.3) is 10.1 Å². The van der Waals surface area contributed by atoms with Crippen LogP contribution in [0.3, 0.4) is 0 Å². The summed E-state index contributed by atoms with van der Waals surface area (Å²) in [6.45, 7) is 15.6. The van der Waals surface area contributed by atoms with Gasteiger partial charge in [-0.2, -0.15) is 8.42 Å². The van der Waals surface area contributed by atoms with E-state index < -0.39 is 10.1 Å². The monoisotopic (exact) mass is 466 g/mol. The van der Waals surface area contributed by atoms with Crippen LogP contribution in [-0.4, -0.2) is 14.5 Å². The average molecular weight is 467 g/mol. The molecule has 2 atom stereocenters. The number of hydrogen-bond acceptors (Lipinski definition) is 3. The van der Waals surface area contributed by atoms with Gasteiger partial charge in [0.15, 0.2) is 0 Å². The Bertz CT molecular complexity index is 683. The van der Waals surface area contributed by atoms with E-state index in [1.165, 1.54) is 38.5 Å². The second kappa shape index (κ2) is 15.1. The van der Waals surface area contributed by atoms with Gasteiger partial charge in [0.05, 0.1) is 11.0 Å². The van der Waals surface area contributed by atoms with Crippen molar-refractivity contribution in [3.8, 4) is 0 Å². The van der Waals surface area contributed by atoms with Crippen LogP contribution in [0.25, 0.3) is 0 Å². The molecule has 1 rings (SSSR count). The quantitative estimate of drug-likeness (QED) is 0.216. The minimum absolute atomic E-state index is 0.235. The molecule has 3 nitrogen and oxygen atoms in total. The first-order chi connectivity index (χ1) is 15.0. The molecule has 0 amide bonds. The molecule has 0 aliphatic rings. The van der Waals surface area contributed by atoms with Crippen molar-refractivity contribution >= 4 is 10.1 Å². The first kappa shape index (κ1) is 29.2. The summed E-state index contributed by atoms with van der Waals surface area (Å²) in [5.74, 6) is 2.70. The molecule has 2 unspecified atom stereocenters. The lowest BCUT2D eigenvalue weighted by molar-refractivity contribution is 0.167. The van der Waals surface area contributed by atoms with Crippen LogP contribution in [0.1, 0.15) is 111 Å². The molecular formula is C28H50O3S. The summed E-state index contributed by atoms with van der Waals surface area (Å²) in [5, 5.41) is 0. The summed E-state index contributed by atoms with van der Waals surface area (Å²) in [6, 6.07) is 6.98. The Balaban J connectivity index is 2.69. The van der Waals surface area contributed by atoms with Gasteiger partial charge >= 0.3 is 0 Å². The van der Waals surface area contributed by atoms with E-state index in [1.54, 1.807) is 12.1 Å². The SMILES string of the molecule is Cc1ccc(S(=O)(=O)OC(CCC(C)CCCC(C)C)CCC(C)CCCC(C)C)cc1. The Morgan fingerprint density at radius 2 is 1.09 bits per heavy atom. The van der Waals surface area contributed by atoms with Crippen LogP contribution in [-0.2, 0) is 14.3 Å². The second-order valence-electron chi connectivity index (χ2n) is 11.0. The van der Waals surface area contributed by atoms with Gasteiger partial charge in [0.2, 0.25) is 0 Å². The smallest absolute Gasteiger partial charge is 0.263 e. The third-order valence-electron chi connectivity index (χ3n) is 6.49. The summed E-state index contributed by atoms with van der Waals surface area (Å²) in [7, 11) is -3.73. The fourth-order valence-corrected chi connectivity index (χ4v) is 5.29. The second-order valence-corrected chi connectivity index (χ2v) is 12.6. The van der Waals surface area contributed by atoms with Gasteiger partial charge in [-0.1, -0.05) is 97.8 Å². The Morgan fingerprint density at radius 1 is 0.656 bits per heavy atom. The van der Waals surface area contributed by atoms with E-state index in [4.69, 9.17) is 4.18 Å². The van der Waals surface area contributed by atoms with Gasteiger partial charge < -0.3 is 0 Å². The van der Waals surface area contributed by atoms with E-state index in [9.17, 15) is 8.42 Å². The van der Waals surface area contributed by atoms with Gasteiger partial charge in [-0.3, -0.25) is 4.18 Å². The minimum Gasteiger partial charge on any atom is -0.263 e. The third kappa shape index (κ3) is 13.0. The fourth-order valence-electron chi connectivity index (χ4n) is 4.16. The molecule has 186 valence electrons. The molecule has 0 fully saturated rings. The van der Waals surface area contributed by atoms with Crippen molar-refractivity contribution in [3.63, 3.8) is 0 Å². The Hall–Kier alpha value is -0.870. The molecular weight excluding hydrogens is 416 g/mol. The summed E-state index contributed by atoms with van der Waals surface area (Å²) in [6.07, 6.45) is 10.9. The van der Waals surface area contributed by atoms with Crippen LogP contribution >= 0.6 is 0 Å². The maximum atomic E-state index is 12.9.